The Balaban J connectivity index is 1.62. The number of anilines is 1. The van der Waals surface area contributed by atoms with Crippen LogP contribution < -0.4 is 4.90 Å². The number of alkyl halides is 3. The van der Waals surface area contributed by atoms with Crippen molar-refractivity contribution in [3.05, 3.63) is 64.2 Å². The minimum Gasteiger partial charge on any atom is -0.381 e. The number of fused-ring (bicyclic) bond motifs is 1. The van der Waals surface area contributed by atoms with Crippen LogP contribution >= 0.6 is 11.6 Å². The molecule has 5 nitrogen and oxygen atoms in total. The zero-order valence-corrected chi connectivity index (χ0v) is 19.5. The van der Waals surface area contributed by atoms with E-state index in [2.05, 4.69) is 0 Å². The van der Waals surface area contributed by atoms with Gasteiger partial charge >= 0.3 is 6.18 Å². The number of benzene rings is 2. The van der Waals surface area contributed by atoms with Crippen LogP contribution in [0.25, 0.3) is 0 Å². The lowest BCUT2D eigenvalue weighted by molar-refractivity contribution is -0.137. The number of halogens is 4. The second-order valence-electron chi connectivity index (χ2n) is 8.91. The molecule has 180 valence electrons. The summed E-state index contributed by atoms with van der Waals surface area (Å²) in [6.45, 7) is 4.78. The van der Waals surface area contributed by atoms with Gasteiger partial charge in [0.25, 0.3) is 5.91 Å². The predicted octanol–water partition coefficient (Wildman–Crippen LogP) is 5.24. The van der Waals surface area contributed by atoms with Crippen LogP contribution in [0.15, 0.2) is 42.5 Å². The molecule has 0 aliphatic carbocycles. The SMILES string of the molecule is CCOCC12CN(C(=O)c3ccccc3Cl)CCC1CN(c1ccc(C#N)c(C(F)(F)F)c1)C2. The topological polar surface area (TPSA) is 56.6 Å². The van der Waals surface area contributed by atoms with Crippen molar-refractivity contribution < 1.29 is 22.7 Å². The van der Waals surface area contributed by atoms with Crippen molar-refractivity contribution in [1.82, 2.24) is 4.90 Å². The largest absolute Gasteiger partial charge is 0.417 e. The van der Waals surface area contributed by atoms with E-state index in [-0.39, 0.29) is 11.8 Å². The Kier molecular flexibility index (Phi) is 6.79. The molecule has 2 fully saturated rings. The molecule has 2 heterocycles. The van der Waals surface area contributed by atoms with Gasteiger partial charge in [-0.25, -0.2) is 0 Å². The fraction of sp³-hybridized carbons (Fsp3) is 0.440. The highest BCUT2D eigenvalue weighted by Crippen LogP contribution is 2.45. The molecule has 0 spiro atoms. The molecule has 2 saturated heterocycles. The zero-order valence-electron chi connectivity index (χ0n) is 18.7. The van der Waals surface area contributed by atoms with Gasteiger partial charge in [0, 0.05) is 43.9 Å². The van der Waals surface area contributed by atoms with Gasteiger partial charge in [-0.1, -0.05) is 23.7 Å². The number of carbonyl (C=O) groups excluding carboxylic acids is 1. The number of hydrogen-bond acceptors (Lipinski definition) is 4. The number of ether oxygens (including phenoxy) is 1. The molecule has 2 aliphatic heterocycles. The summed E-state index contributed by atoms with van der Waals surface area (Å²) in [5.74, 6) is -0.00423. The molecule has 2 aliphatic rings. The van der Waals surface area contributed by atoms with Gasteiger partial charge in [0.05, 0.1) is 34.4 Å². The Morgan fingerprint density at radius 1 is 1.26 bits per heavy atom. The summed E-state index contributed by atoms with van der Waals surface area (Å²) in [5, 5.41) is 9.50. The quantitative estimate of drug-likeness (QED) is 0.574. The van der Waals surface area contributed by atoms with Gasteiger partial charge in [0.2, 0.25) is 0 Å². The third-order valence-electron chi connectivity index (χ3n) is 6.85. The molecule has 9 heteroatoms. The Bertz CT molecular complexity index is 1120. The van der Waals surface area contributed by atoms with E-state index in [1.54, 1.807) is 41.3 Å². The number of likely N-dealkylation sites (tertiary alicyclic amines) is 1. The van der Waals surface area contributed by atoms with Gasteiger partial charge in [-0.3, -0.25) is 4.79 Å². The molecule has 34 heavy (non-hydrogen) atoms. The summed E-state index contributed by atoms with van der Waals surface area (Å²) >= 11 is 6.25. The summed E-state index contributed by atoms with van der Waals surface area (Å²) in [4.78, 5) is 16.9. The van der Waals surface area contributed by atoms with Gasteiger partial charge < -0.3 is 14.5 Å². The van der Waals surface area contributed by atoms with Crippen molar-refractivity contribution in [2.75, 3.05) is 44.3 Å². The Morgan fingerprint density at radius 3 is 2.71 bits per heavy atom. The van der Waals surface area contributed by atoms with Crippen LogP contribution in [-0.2, 0) is 10.9 Å². The first kappa shape index (κ1) is 24.4. The van der Waals surface area contributed by atoms with Crippen LogP contribution in [0, 0.1) is 22.7 Å². The first-order valence-corrected chi connectivity index (χ1v) is 11.5. The van der Waals surface area contributed by atoms with Gasteiger partial charge in [-0.2, -0.15) is 18.4 Å². The number of hydrogen-bond donors (Lipinski definition) is 0. The van der Waals surface area contributed by atoms with E-state index in [1.165, 1.54) is 6.07 Å². The Labute approximate surface area is 201 Å². The lowest BCUT2D eigenvalue weighted by atomic mass is 9.73. The van der Waals surface area contributed by atoms with E-state index in [1.807, 2.05) is 11.8 Å². The number of carbonyl (C=O) groups is 1. The summed E-state index contributed by atoms with van der Waals surface area (Å²) in [5.41, 5.74) is -0.894. The molecule has 0 radical (unpaired) electrons. The van der Waals surface area contributed by atoms with Crippen molar-refractivity contribution in [3.63, 3.8) is 0 Å². The standard InChI is InChI=1S/C25H25ClF3N3O2/c1-2-34-16-24-14-31(23(33)20-5-3-4-6-22(20)26)10-9-18(24)13-32(15-24)19-8-7-17(12-30)21(11-19)25(27,28)29/h3-8,11,18H,2,9-10,13-16H2,1H3. The van der Waals surface area contributed by atoms with Crippen molar-refractivity contribution in [1.29, 1.82) is 5.26 Å². The molecular weight excluding hydrogens is 467 g/mol. The average Bonchev–Trinajstić information content (AvgIpc) is 3.20. The molecule has 4 rings (SSSR count). The van der Waals surface area contributed by atoms with Crippen LogP contribution in [0.1, 0.15) is 34.8 Å². The number of rotatable bonds is 5. The van der Waals surface area contributed by atoms with Crippen LogP contribution in [0.3, 0.4) is 0 Å². The summed E-state index contributed by atoms with van der Waals surface area (Å²) in [7, 11) is 0. The van der Waals surface area contributed by atoms with Gasteiger partial charge in [0.15, 0.2) is 0 Å². The second-order valence-corrected chi connectivity index (χ2v) is 9.32. The van der Waals surface area contributed by atoms with Crippen LogP contribution in [-0.4, -0.2) is 50.2 Å². The average molecular weight is 492 g/mol. The molecule has 0 N–H and O–H groups in total. The van der Waals surface area contributed by atoms with Crippen LogP contribution in [0.4, 0.5) is 18.9 Å². The molecule has 2 unspecified atom stereocenters. The second kappa shape index (κ2) is 9.47. The number of amides is 1. The Hall–Kier alpha value is -2.76. The third-order valence-corrected chi connectivity index (χ3v) is 7.17. The van der Waals surface area contributed by atoms with E-state index in [0.29, 0.717) is 62.1 Å². The van der Waals surface area contributed by atoms with E-state index < -0.39 is 22.7 Å². The van der Waals surface area contributed by atoms with Crippen molar-refractivity contribution in [3.8, 4) is 6.07 Å². The molecular formula is C25H25ClF3N3O2. The van der Waals surface area contributed by atoms with Crippen molar-refractivity contribution >= 4 is 23.2 Å². The third kappa shape index (κ3) is 4.59. The van der Waals surface area contributed by atoms with Gasteiger partial charge in [-0.15, -0.1) is 0 Å². The first-order valence-electron chi connectivity index (χ1n) is 11.2. The fourth-order valence-corrected chi connectivity index (χ4v) is 5.35. The summed E-state index contributed by atoms with van der Waals surface area (Å²) in [6.07, 6.45) is -3.91. The molecule has 2 aromatic carbocycles. The molecule has 0 saturated carbocycles. The molecule has 1 amide bonds. The monoisotopic (exact) mass is 491 g/mol. The molecule has 2 atom stereocenters. The predicted molar refractivity (Wildman–Crippen MR) is 123 cm³/mol. The van der Waals surface area contributed by atoms with Crippen LogP contribution in [0.2, 0.25) is 5.02 Å². The minimum atomic E-state index is -4.62. The highest BCUT2D eigenvalue weighted by atomic mass is 35.5. The Morgan fingerprint density at radius 2 is 2.03 bits per heavy atom. The van der Waals surface area contributed by atoms with Crippen LogP contribution in [0.5, 0.6) is 0 Å². The molecule has 0 aromatic heterocycles. The smallest absolute Gasteiger partial charge is 0.381 e. The maximum atomic E-state index is 13.5. The fourth-order valence-electron chi connectivity index (χ4n) is 5.13. The van der Waals surface area contributed by atoms with Crippen molar-refractivity contribution in [2.45, 2.75) is 19.5 Å². The normalized spacial score (nSPS) is 22.4. The lowest BCUT2D eigenvalue weighted by Gasteiger charge is -2.44. The minimum absolute atomic E-state index is 0.152. The highest BCUT2D eigenvalue weighted by molar-refractivity contribution is 6.33. The lowest BCUT2D eigenvalue weighted by Crippen LogP contribution is -2.53. The van der Waals surface area contributed by atoms with E-state index in [4.69, 9.17) is 21.6 Å². The van der Waals surface area contributed by atoms with E-state index in [9.17, 15) is 18.0 Å². The maximum Gasteiger partial charge on any atom is 0.417 e. The molecule has 0 bridgehead atoms. The molecule has 2 aromatic rings. The van der Waals surface area contributed by atoms with Crippen molar-refractivity contribution in [2.24, 2.45) is 11.3 Å². The van der Waals surface area contributed by atoms with Gasteiger partial charge in [-0.05, 0) is 49.6 Å². The number of nitrogens with zero attached hydrogens (tertiary/aromatic N) is 3. The van der Waals surface area contributed by atoms with E-state index >= 15 is 0 Å². The summed E-state index contributed by atoms with van der Waals surface area (Å²) in [6, 6.07) is 12.4. The van der Waals surface area contributed by atoms with Gasteiger partial charge in [0.1, 0.15) is 0 Å². The summed E-state index contributed by atoms with van der Waals surface area (Å²) < 4.78 is 46.4. The highest BCUT2D eigenvalue weighted by Gasteiger charge is 2.51. The maximum absolute atomic E-state index is 13.5. The first-order chi connectivity index (χ1) is 16.2. The number of nitriles is 1. The zero-order chi connectivity index (χ0) is 24.5. The number of piperidine rings is 1. The van der Waals surface area contributed by atoms with E-state index in [0.717, 1.165) is 6.07 Å².